The summed E-state index contributed by atoms with van der Waals surface area (Å²) in [7, 11) is 0. The lowest BCUT2D eigenvalue weighted by Gasteiger charge is -2.22. The number of nitrogens with zero attached hydrogens (tertiary/aromatic N) is 1. The molecule has 1 rings (SSSR count). The van der Waals surface area contributed by atoms with Gasteiger partial charge in [0.25, 0.3) is 0 Å². The van der Waals surface area contributed by atoms with Crippen LogP contribution in [0.15, 0.2) is 12.2 Å². The average molecular weight is 281 g/mol. The van der Waals surface area contributed by atoms with E-state index in [1.807, 2.05) is 13.8 Å². The third-order valence-electron chi connectivity index (χ3n) is 3.77. The maximum atomic E-state index is 12.2. The fraction of sp³-hybridized carbons (Fsp3) is 0.750. The highest BCUT2D eigenvalue weighted by molar-refractivity contribution is 5.93. The quantitative estimate of drug-likeness (QED) is 0.500. The summed E-state index contributed by atoms with van der Waals surface area (Å²) in [6.07, 6.45) is 5.00. The normalized spacial score (nSPS) is 18.5. The monoisotopic (exact) mass is 281 g/mol. The number of rotatable bonds is 8. The van der Waals surface area contributed by atoms with Crippen molar-refractivity contribution in [2.24, 2.45) is 5.92 Å². The Bertz CT molecular complexity index is 363. The van der Waals surface area contributed by atoms with Gasteiger partial charge < -0.3 is 4.74 Å². The minimum Gasteiger partial charge on any atom is -0.447 e. The number of allylic oxidation sites excluding steroid dienone is 1. The van der Waals surface area contributed by atoms with Gasteiger partial charge in [-0.15, -0.1) is 0 Å². The minimum absolute atomic E-state index is 0.122. The highest BCUT2D eigenvalue weighted by Crippen LogP contribution is 2.22. The van der Waals surface area contributed by atoms with E-state index in [4.69, 9.17) is 4.74 Å². The zero-order valence-electron chi connectivity index (χ0n) is 13.0. The second kappa shape index (κ2) is 8.08. The van der Waals surface area contributed by atoms with Crippen molar-refractivity contribution in [3.63, 3.8) is 0 Å². The molecule has 0 bridgehead atoms. The Morgan fingerprint density at radius 2 is 2.05 bits per heavy atom. The molecule has 20 heavy (non-hydrogen) atoms. The Hall–Kier alpha value is -1.32. The molecule has 1 fully saturated rings. The van der Waals surface area contributed by atoms with Crippen LogP contribution in [0.5, 0.6) is 0 Å². The van der Waals surface area contributed by atoms with E-state index in [1.165, 1.54) is 17.7 Å². The van der Waals surface area contributed by atoms with Gasteiger partial charge in [0, 0.05) is 6.42 Å². The van der Waals surface area contributed by atoms with Gasteiger partial charge in [-0.2, -0.15) is 0 Å². The van der Waals surface area contributed by atoms with Crippen LogP contribution in [0, 0.1) is 5.92 Å². The van der Waals surface area contributed by atoms with Crippen molar-refractivity contribution in [2.45, 2.75) is 65.3 Å². The van der Waals surface area contributed by atoms with Crippen LogP contribution in [0.25, 0.3) is 0 Å². The third-order valence-corrected chi connectivity index (χ3v) is 3.77. The number of imide groups is 1. The van der Waals surface area contributed by atoms with Crippen LogP contribution in [-0.4, -0.2) is 29.5 Å². The standard InChI is InChI=1S/C16H27NO3/c1-5-6-7-8-13(4)9-10-15(18)17-14(12(2)3)11-20-16(17)19/h12,14H,4-11H2,1-3H3. The first kappa shape index (κ1) is 16.7. The molecule has 114 valence electrons. The molecule has 1 atom stereocenters. The summed E-state index contributed by atoms with van der Waals surface area (Å²) in [5.41, 5.74) is 1.10. The Morgan fingerprint density at radius 3 is 2.65 bits per heavy atom. The molecule has 1 saturated heterocycles. The van der Waals surface area contributed by atoms with E-state index in [0.717, 1.165) is 18.4 Å². The van der Waals surface area contributed by atoms with Gasteiger partial charge in [-0.25, -0.2) is 9.69 Å². The molecule has 4 heteroatoms. The van der Waals surface area contributed by atoms with Gasteiger partial charge in [-0.05, 0) is 25.2 Å². The molecule has 1 unspecified atom stereocenters. The van der Waals surface area contributed by atoms with E-state index in [9.17, 15) is 9.59 Å². The molecule has 1 aliphatic rings. The van der Waals surface area contributed by atoms with Crippen LogP contribution >= 0.6 is 0 Å². The van der Waals surface area contributed by atoms with Gasteiger partial charge in [-0.1, -0.05) is 45.8 Å². The second-order valence-electron chi connectivity index (χ2n) is 5.86. The molecule has 0 radical (unpaired) electrons. The van der Waals surface area contributed by atoms with Gasteiger partial charge >= 0.3 is 6.09 Å². The minimum atomic E-state index is -0.495. The van der Waals surface area contributed by atoms with E-state index in [2.05, 4.69) is 13.5 Å². The zero-order valence-corrected chi connectivity index (χ0v) is 13.0. The van der Waals surface area contributed by atoms with E-state index in [-0.39, 0.29) is 17.9 Å². The van der Waals surface area contributed by atoms with Crippen molar-refractivity contribution in [3.8, 4) is 0 Å². The molecule has 2 amide bonds. The topological polar surface area (TPSA) is 46.6 Å². The molecular weight excluding hydrogens is 254 g/mol. The predicted octanol–water partition coefficient (Wildman–Crippen LogP) is 3.91. The summed E-state index contributed by atoms with van der Waals surface area (Å²) in [6, 6.07) is -0.122. The Balaban J connectivity index is 2.41. The zero-order chi connectivity index (χ0) is 15.1. The molecule has 0 aliphatic carbocycles. The summed E-state index contributed by atoms with van der Waals surface area (Å²) in [5, 5.41) is 0. The summed E-state index contributed by atoms with van der Waals surface area (Å²) < 4.78 is 4.99. The number of ether oxygens (including phenoxy) is 1. The number of hydrogen-bond donors (Lipinski definition) is 0. The smallest absolute Gasteiger partial charge is 0.416 e. The van der Waals surface area contributed by atoms with Crippen LogP contribution in [0.3, 0.4) is 0 Å². The van der Waals surface area contributed by atoms with E-state index in [1.54, 1.807) is 0 Å². The van der Waals surface area contributed by atoms with Crippen molar-refractivity contribution in [2.75, 3.05) is 6.61 Å². The summed E-state index contributed by atoms with van der Waals surface area (Å²) in [5.74, 6) is 0.0843. The highest BCUT2D eigenvalue weighted by atomic mass is 16.6. The van der Waals surface area contributed by atoms with Gasteiger partial charge in [0.15, 0.2) is 0 Å². The van der Waals surface area contributed by atoms with E-state index < -0.39 is 6.09 Å². The molecule has 4 nitrogen and oxygen atoms in total. The number of cyclic esters (lactones) is 1. The van der Waals surface area contributed by atoms with Crippen LogP contribution in [0.4, 0.5) is 4.79 Å². The van der Waals surface area contributed by atoms with E-state index >= 15 is 0 Å². The SMILES string of the molecule is C=C(CCCCC)CCC(=O)N1C(=O)OCC1C(C)C. The lowest BCUT2D eigenvalue weighted by atomic mass is 10.0. The summed E-state index contributed by atoms with van der Waals surface area (Å²) in [4.78, 5) is 25.1. The maximum Gasteiger partial charge on any atom is 0.416 e. The molecule has 1 aliphatic heterocycles. The van der Waals surface area contributed by atoms with Crippen molar-refractivity contribution >= 4 is 12.0 Å². The van der Waals surface area contributed by atoms with Crippen molar-refractivity contribution in [1.82, 2.24) is 4.90 Å². The molecule has 0 N–H and O–H groups in total. The average Bonchev–Trinajstić information content (AvgIpc) is 2.78. The molecular formula is C16H27NO3. The molecule has 0 aromatic heterocycles. The summed E-state index contributed by atoms with van der Waals surface area (Å²) >= 11 is 0. The fourth-order valence-electron chi connectivity index (χ4n) is 2.37. The van der Waals surface area contributed by atoms with Crippen molar-refractivity contribution in [3.05, 3.63) is 12.2 Å². The van der Waals surface area contributed by atoms with Crippen LogP contribution in [0.2, 0.25) is 0 Å². The Labute approximate surface area is 122 Å². The van der Waals surface area contributed by atoms with Crippen LogP contribution in [-0.2, 0) is 9.53 Å². The number of amides is 2. The molecule has 1 heterocycles. The number of carbonyl (C=O) groups excluding carboxylic acids is 2. The third kappa shape index (κ3) is 4.66. The van der Waals surface area contributed by atoms with Crippen LogP contribution < -0.4 is 0 Å². The van der Waals surface area contributed by atoms with Gasteiger partial charge in [0.1, 0.15) is 6.61 Å². The highest BCUT2D eigenvalue weighted by Gasteiger charge is 2.38. The van der Waals surface area contributed by atoms with Gasteiger partial charge in [0.05, 0.1) is 6.04 Å². The largest absolute Gasteiger partial charge is 0.447 e. The lowest BCUT2D eigenvalue weighted by molar-refractivity contribution is -0.129. The fourth-order valence-corrected chi connectivity index (χ4v) is 2.37. The summed E-state index contributed by atoms with van der Waals surface area (Å²) in [6.45, 7) is 10.5. The first-order chi connectivity index (χ1) is 9.47. The van der Waals surface area contributed by atoms with Gasteiger partial charge in [0.2, 0.25) is 5.91 Å². The van der Waals surface area contributed by atoms with Crippen LogP contribution in [0.1, 0.15) is 59.3 Å². The first-order valence-electron chi connectivity index (χ1n) is 7.62. The Morgan fingerprint density at radius 1 is 1.35 bits per heavy atom. The molecule has 0 spiro atoms. The number of unbranched alkanes of at least 4 members (excludes halogenated alkanes) is 2. The molecule has 0 saturated carbocycles. The molecule has 0 aromatic rings. The maximum absolute atomic E-state index is 12.2. The molecule has 0 aromatic carbocycles. The number of carbonyl (C=O) groups is 2. The predicted molar refractivity (Wildman–Crippen MR) is 79.3 cm³/mol. The Kier molecular flexibility index (Phi) is 6.76. The van der Waals surface area contributed by atoms with E-state index in [0.29, 0.717) is 19.4 Å². The first-order valence-corrected chi connectivity index (χ1v) is 7.62. The van der Waals surface area contributed by atoms with Gasteiger partial charge in [-0.3, -0.25) is 4.79 Å². The second-order valence-corrected chi connectivity index (χ2v) is 5.86. The van der Waals surface area contributed by atoms with Crippen molar-refractivity contribution in [1.29, 1.82) is 0 Å². The number of hydrogen-bond acceptors (Lipinski definition) is 3. The van der Waals surface area contributed by atoms with Crippen molar-refractivity contribution < 1.29 is 14.3 Å². The lowest BCUT2D eigenvalue weighted by Crippen LogP contribution is -2.41.